The Kier molecular flexibility index (Phi) is 1.86. The third-order valence-corrected chi connectivity index (χ3v) is 2.71. The Morgan fingerprint density at radius 2 is 1.83 bits per heavy atom. The lowest BCUT2D eigenvalue weighted by molar-refractivity contribution is -0.139. The second-order valence-electron chi connectivity index (χ2n) is 3.84. The van der Waals surface area contributed by atoms with Gasteiger partial charge in [0.1, 0.15) is 0 Å². The molecule has 0 aliphatic heterocycles. The summed E-state index contributed by atoms with van der Waals surface area (Å²) in [4.78, 5) is 20.9. The van der Waals surface area contributed by atoms with Crippen LogP contribution in [0, 0.1) is 17.3 Å². The Morgan fingerprint density at radius 1 is 1.33 bits per heavy atom. The number of carboxylic acid groups (broad SMARTS) is 2. The van der Waals surface area contributed by atoms with Crippen LogP contribution in [0.4, 0.5) is 0 Å². The Morgan fingerprint density at radius 3 is 2.08 bits per heavy atom. The third kappa shape index (κ3) is 1.29. The molecule has 68 valence electrons. The topological polar surface area (TPSA) is 74.6 Å². The van der Waals surface area contributed by atoms with Crippen LogP contribution in [-0.2, 0) is 9.59 Å². The third-order valence-electron chi connectivity index (χ3n) is 2.71. The molecule has 1 aliphatic carbocycles. The van der Waals surface area contributed by atoms with Crippen LogP contribution in [0.3, 0.4) is 0 Å². The predicted octanol–water partition coefficient (Wildman–Crippen LogP) is 0.818. The number of hydrogen-bond donors (Lipinski definition) is 2. The molecule has 12 heavy (non-hydrogen) atoms. The summed E-state index contributed by atoms with van der Waals surface area (Å²) in [5.41, 5.74) is -0.343. The van der Waals surface area contributed by atoms with E-state index in [1.165, 1.54) is 0 Å². The minimum Gasteiger partial charge on any atom is -0.481 e. The fourth-order valence-electron chi connectivity index (χ4n) is 1.80. The Balaban J connectivity index is 2.60. The first-order valence-electron chi connectivity index (χ1n) is 3.82. The van der Waals surface area contributed by atoms with E-state index in [9.17, 15) is 9.59 Å². The quantitative estimate of drug-likeness (QED) is 0.660. The summed E-state index contributed by atoms with van der Waals surface area (Å²) in [6, 6.07) is 0. The average Bonchev–Trinajstić information content (AvgIpc) is 2.32. The fourth-order valence-corrected chi connectivity index (χ4v) is 1.80. The van der Waals surface area contributed by atoms with E-state index in [1.54, 1.807) is 13.8 Å². The van der Waals surface area contributed by atoms with Gasteiger partial charge in [0.05, 0.1) is 5.92 Å². The van der Waals surface area contributed by atoms with Gasteiger partial charge in [-0.3, -0.25) is 9.59 Å². The molecule has 0 radical (unpaired) electrons. The molecule has 1 saturated carbocycles. The average molecular weight is 172 g/mol. The maximum atomic E-state index is 10.6. The van der Waals surface area contributed by atoms with Crippen molar-refractivity contribution in [1.82, 2.24) is 0 Å². The van der Waals surface area contributed by atoms with Crippen molar-refractivity contribution in [2.75, 3.05) is 0 Å². The van der Waals surface area contributed by atoms with Crippen molar-refractivity contribution in [3.63, 3.8) is 0 Å². The molecule has 2 atom stereocenters. The van der Waals surface area contributed by atoms with Gasteiger partial charge in [0.25, 0.3) is 0 Å². The van der Waals surface area contributed by atoms with Gasteiger partial charge in [-0.1, -0.05) is 13.8 Å². The molecular weight excluding hydrogens is 160 g/mol. The first-order valence-corrected chi connectivity index (χ1v) is 3.82. The van der Waals surface area contributed by atoms with E-state index in [0.29, 0.717) is 0 Å². The predicted molar refractivity (Wildman–Crippen MR) is 40.6 cm³/mol. The summed E-state index contributed by atoms with van der Waals surface area (Å²) in [5.74, 6) is -2.48. The van der Waals surface area contributed by atoms with Crippen LogP contribution in [0.5, 0.6) is 0 Å². The van der Waals surface area contributed by atoms with Gasteiger partial charge >= 0.3 is 11.9 Å². The van der Waals surface area contributed by atoms with E-state index in [4.69, 9.17) is 10.2 Å². The number of rotatable bonds is 3. The highest BCUT2D eigenvalue weighted by Gasteiger charge is 2.62. The molecule has 4 nitrogen and oxygen atoms in total. The van der Waals surface area contributed by atoms with E-state index in [-0.39, 0.29) is 17.8 Å². The van der Waals surface area contributed by atoms with E-state index in [2.05, 4.69) is 0 Å². The second-order valence-corrected chi connectivity index (χ2v) is 3.84. The van der Waals surface area contributed by atoms with E-state index in [0.717, 1.165) is 0 Å². The lowest BCUT2D eigenvalue weighted by Crippen LogP contribution is -2.03. The molecule has 0 heterocycles. The maximum Gasteiger partial charge on any atom is 0.307 e. The minimum absolute atomic E-state index is 0.0377. The molecule has 0 spiro atoms. The molecule has 0 bridgehead atoms. The van der Waals surface area contributed by atoms with E-state index >= 15 is 0 Å². The Hall–Kier alpha value is -1.06. The van der Waals surface area contributed by atoms with Crippen LogP contribution in [0.1, 0.15) is 20.3 Å². The van der Waals surface area contributed by atoms with Crippen molar-refractivity contribution in [3.05, 3.63) is 0 Å². The van der Waals surface area contributed by atoms with Crippen LogP contribution in [-0.4, -0.2) is 22.2 Å². The zero-order chi connectivity index (χ0) is 9.52. The van der Waals surface area contributed by atoms with Crippen molar-refractivity contribution in [2.45, 2.75) is 20.3 Å². The number of aliphatic carboxylic acids is 2. The summed E-state index contributed by atoms with van der Waals surface area (Å²) in [6.45, 7) is 3.58. The molecule has 0 amide bonds. The number of carboxylic acids is 2. The van der Waals surface area contributed by atoms with Gasteiger partial charge in [-0.25, -0.2) is 0 Å². The first-order chi connectivity index (χ1) is 5.37. The van der Waals surface area contributed by atoms with Gasteiger partial charge in [-0.15, -0.1) is 0 Å². The maximum absolute atomic E-state index is 10.6. The fraction of sp³-hybridized carbons (Fsp3) is 0.750. The second kappa shape index (κ2) is 2.47. The standard InChI is InChI=1S/C8H12O4/c1-8(2)4(3-5(9)10)6(8)7(11)12/h4,6H,3H2,1-2H3,(H,9,10)(H,11,12)/t4-,6-/m0/s1. The smallest absolute Gasteiger partial charge is 0.307 e. The van der Waals surface area contributed by atoms with E-state index in [1.807, 2.05) is 0 Å². The summed E-state index contributed by atoms with van der Waals surface area (Å²) >= 11 is 0. The SMILES string of the molecule is CC1(C)[C@H](C(=O)O)[C@@H]1CC(=O)O. The molecule has 0 aromatic heterocycles. The molecule has 0 unspecified atom stereocenters. The normalized spacial score (nSPS) is 31.2. The summed E-state index contributed by atoms with van der Waals surface area (Å²) in [7, 11) is 0. The van der Waals surface area contributed by atoms with Gasteiger partial charge < -0.3 is 10.2 Å². The van der Waals surface area contributed by atoms with Crippen LogP contribution in [0.25, 0.3) is 0 Å². The van der Waals surface area contributed by atoms with Crippen LogP contribution >= 0.6 is 0 Å². The van der Waals surface area contributed by atoms with Crippen molar-refractivity contribution in [3.8, 4) is 0 Å². The Bertz CT molecular complexity index is 231. The highest BCUT2D eigenvalue weighted by Crippen LogP contribution is 2.59. The zero-order valence-electron chi connectivity index (χ0n) is 7.07. The van der Waals surface area contributed by atoms with Crippen molar-refractivity contribution < 1.29 is 19.8 Å². The zero-order valence-corrected chi connectivity index (χ0v) is 7.07. The molecule has 2 N–H and O–H groups in total. The number of carbonyl (C=O) groups is 2. The van der Waals surface area contributed by atoms with Crippen LogP contribution < -0.4 is 0 Å². The van der Waals surface area contributed by atoms with Gasteiger partial charge in [-0.05, 0) is 11.3 Å². The van der Waals surface area contributed by atoms with Crippen LogP contribution in [0.2, 0.25) is 0 Å². The summed E-state index contributed by atoms with van der Waals surface area (Å²) in [5, 5.41) is 17.1. The van der Waals surface area contributed by atoms with E-state index < -0.39 is 17.9 Å². The molecule has 0 aromatic carbocycles. The molecular formula is C8H12O4. The minimum atomic E-state index is -0.920. The monoisotopic (exact) mass is 172 g/mol. The molecule has 1 rings (SSSR count). The van der Waals surface area contributed by atoms with Gasteiger partial charge in [0, 0.05) is 6.42 Å². The summed E-state index contributed by atoms with van der Waals surface area (Å²) < 4.78 is 0. The van der Waals surface area contributed by atoms with Gasteiger partial charge in [0.2, 0.25) is 0 Å². The van der Waals surface area contributed by atoms with Gasteiger partial charge in [-0.2, -0.15) is 0 Å². The molecule has 1 aliphatic rings. The molecule has 0 aromatic rings. The molecule has 1 fully saturated rings. The first kappa shape index (κ1) is 9.03. The van der Waals surface area contributed by atoms with Crippen molar-refractivity contribution in [2.24, 2.45) is 17.3 Å². The summed E-state index contributed by atoms with van der Waals surface area (Å²) in [6.07, 6.45) is -0.0377. The molecule has 4 heteroatoms. The highest BCUT2D eigenvalue weighted by molar-refractivity contribution is 5.78. The number of hydrogen-bond acceptors (Lipinski definition) is 2. The van der Waals surface area contributed by atoms with Gasteiger partial charge in [0.15, 0.2) is 0 Å². The highest BCUT2D eigenvalue weighted by atomic mass is 16.4. The Labute approximate surface area is 70.2 Å². The van der Waals surface area contributed by atoms with Crippen molar-refractivity contribution >= 4 is 11.9 Å². The lowest BCUT2D eigenvalue weighted by Gasteiger charge is -1.97. The molecule has 0 saturated heterocycles. The van der Waals surface area contributed by atoms with Crippen molar-refractivity contribution in [1.29, 1.82) is 0 Å². The largest absolute Gasteiger partial charge is 0.481 e. The lowest BCUT2D eigenvalue weighted by atomic mass is 10.1. The van der Waals surface area contributed by atoms with Crippen LogP contribution in [0.15, 0.2) is 0 Å².